The van der Waals surface area contributed by atoms with Gasteiger partial charge in [-0.15, -0.1) is 0 Å². The van der Waals surface area contributed by atoms with Gasteiger partial charge in [-0.1, -0.05) is 77.9 Å². The standard InChI is InChI=1S/C47H52N4O/c1-31-21-24-48-44(25-31)50-42-18-15-34(19-22-46(4,5)6)28-41(42)40-17-16-38(30-43(40)50)52-39-27-35(20-23-47(7,8)9)26-37(29-39)51-33(3)45(32(2)49-51)36-13-11-10-12-14-36/h10-18,21,24-30H,19-20,22-23H2,1-9H3. The van der Waals surface area contributed by atoms with Crippen molar-refractivity contribution < 1.29 is 4.74 Å². The highest BCUT2D eigenvalue weighted by atomic mass is 16.5. The van der Waals surface area contributed by atoms with Crippen molar-refractivity contribution in [3.8, 4) is 34.1 Å². The highest BCUT2D eigenvalue weighted by Gasteiger charge is 2.19. The Labute approximate surface area is 309 Å². The molecule has 3 aromatic heterocycles. The van der Waals surface area contributed by atoms with Gasteiger partial charge in [-0.3, -0.25) is 4.57 Å². The summed E-state index contributed by atoms with van der Waals surface area (Å²) in [5.74, 6) is 2.50. The Balaban J connectivity index is 1.33. The van der Waals surface area contributed by atoms with Crippen molar-refractivity contribution in [2.75, 3.05) is 0 Å². The van der Waals surface area contributed by atoms with Crippen LogP contribution in [-0.2, 0) is 12.8 Å². The van der Waals surface area contributed by atoms with Crippen molar-refractivity contribution in [3.63, 3.8) is 0 Å². The van der Waals surface area contributed by atoms with Gasteiger partial charge in [0.25, 0.3) is 0 Å². The molecule has 0 N–H and O–H groups in total. The number of aryl methyl sites for hydroxylation is 4. The van der Waals surface area contributed by atoms with Crippen LogP contribution in [0.1, 0.15) is 82.5 Å². The normalized spacial score (nSPS) is 12.2. The van der Waals surface area contributed by atoms with Crippen molar-refractivity contribution >= 4 is 21.8 Å². The van der Waals surface area contributed by atoms with Crippen LogP contribution in [0.4, 0.5) is 0 Å². The average molecular weight is 689 g/mol. The van der Waals surface area contributed by atoms with Crippen LogP contribution >= 0.6 is 0 Å². The minimum atomic E-state index is 0.213. The van der Waals surface area contributed by atoms with Gasteiger partial charge in [0.05, 0.1) is 22.4 Å². The van der Waals surface area contributed by atoms with Crippen molar-refractivity contribution in [2.45, 2.75) is 88.0 Å². The lowest BCUT2D eigenvalue weighted by Crippen LogP contribution is -2.07. The lowest BCUT2D eigenvalue weighted by atomic mass is 9.88. The molecule has 0 radical (unpaired) electrons. The zero-order chi connectivity index (χ0) is 36.8. The van der Waals surface area contributed by atoms with Gasteiger partial charge in [0.1, 0.15) is 17.3 Å². The number of hydrogen-bond donors (Lipinski definition) is 0. The zero-order valence-corrected chi connectivity index (χ0v) is 32.3. The molecule has 0 atom stereocenters. The number of nitrogens with zero attached hydrogens (tertiary/aromatic N) is 4. The van der Waals surface area contributed by atoms with Gasteiger partial charge in [0.2, 0.25) is 0 Å². The lowest BCUT2D eigenvalue weighted by molar-refractivity contribution is 0.377. The molecule has 4 aromatic carbocycles. The van der Waals surface area contributed by atoms with E-state index in [1.54, 1.807) is 0 Å². The summed E-state index contributed by atoms with van der Waals surface area (Å²) >= 11 is 0. The highest BCUT2D eigenvalue weighted by Crippen LogP contribution is 2.38. The molecule has 0 unspecified atom stereocenters. The SMILES string of the molecule is Cc1ccnc(-n2c3ccc(CCC(C)(C)C)cc3c3ccc(Oc4cc(CCC(C)(C)C)cc(-n5nc(C)c(-c6ccccc6)c5C)c4)cc32)c1. The Hall–Kier alpha value is -5.16. The van der Waals surface area contributed by atoms with Crippen LogP contribution in [0.5, 0.6) is 11.5 Å². The molecule has 0 aliphatic heterocycles. The van der Waals surface area contributed by atoms with Crippen LogP contribution in [0.3, 0.4) is 0 Å². The molecule has 0 amide bonds. The number of rotatable bonds is 9. The van der Waals surface area contributed by atoms with Crippen LogP contribution < -0.4 is 4.74 Å². The van der Waals surface area contributed by atoms with Crippen molar-refractivity contribution in [2.24, 2.45) is 10.8 Å². The zero-order valence-electron chi connectivity index (χ0n) is 32.3. The Morgan fingerprint density at radius 2 is 1.37 bits per heavy atom. The van der Waals surface area contributed by atoms with E-state index in [-0.39, 0.29) is 10.8 Å². The molecule has 0 fully saturated rings. The Morgan fingerprint density at radius 3 is 2.08 bits per heavy atom. The van der Waals surface area contributed by atoms with Gasteiger partial charge in [-0.05, 0) is 128 Å². The average Bonchev–Trinajstić information content (AvgIpc) is 3.58. The maximum Gasteiger partial charge on any atom is 0.137 e. The van der Waals surface area contributed by atoms with Crippen LogP contribution in [0.25, 0.3) is 44.4 Å². The van der Waals surface area contributed by atoms with Crippen LogP contribution in [0.2, 0.25) is 0 Å². The number of hydrogen-bond acceptors (Lipinski definition) is 3. The van der Waals surface area contributed by atoms with Gasteiger partial charge in [-0.2, -0.15) is 5.10 Å². The first-order valence-electron chi connectivity index (χ1n) is 18.7. The molecular weight excluding hydrogens is 637 g/mol. The smallest absolute Gasteiger partial charge is 0.137 e. The summed E-state index contributed by atoms with van der Waals surface area (Å²) in [6, 6.07) is 34.7. The van der Waals surface area contributed by atoms with E-state index in [9.17, 15) is 0 Å². The number of aromatic nitrogens is 4. The topological polar surface area (TPSA) is 44.9 Å². The van der Waals surface area contributed by atoms with E-state index in [1.165, 1.54) is 38.6 Å². The molecule has 7 rings (SSSR count). The molecule has 5 nitrogen and oxygen atoms in total. The first-order chi connectivity index (χ1) is 24.7. The molecule has 0 aliphatic rings. The molecule has 3 heterocycles. The number of ether oxygens (including phenoxy) is 1. The maximum absolute atomic E-state index is 6.82. The summed E-state index contributed by atoms with van der Waals surface area (Å²) in [5.41, 5.74) is 12.0. The largest absolute Gasteiger partial charge is 0.457 e. The van der Waals surface area contributed by atoms with Gasteiger partial charge in [0.15, 0.2) is 0 Å². The van der Waals surface area contributed by atoms with Crippen LogP contribution in [0, 0.1) is 31.6 Å². The Morgan fingerprint density at radius 1 is 0.635 bits per heavy atom. The van der Waals surface area contributed by atoms with Gasteiger partial charge in [-0.25, -0.2) is 9.67 Å². The molecule has 0 saturated carbocycles. The summed E-state index contributed by atoms with van der Waals surface area (Å²) < 4.78 is 11.2. The summed E-state index contributed by atoms with van der Waals surface area (Å²) in [7, 11) is 0. The van der Waals surface area contributed by atoms with Gasteiger partial charge in [0, 0.05) is 40.4 Å². The fraction of sp³-hybridized carbons (Fsp3) is 0.319. The van der Waals surface area contributed by atoms with Crippen molar-refractivity contribution in [1.82, 2.24) is 19.3 Å². The molecule has 0 bridgehead atoms. The fourth-order valence-electron chi connectivity index (χ4n) is 7.22. The van der Waals surface area contributed by atoms with Crippen molar-refractivity contribution in [1.29, 1.82) is 0 Å². The van der Waals surface area contributed by atoms with E-state index in [2.05, 4.69) is 163 Å². The lowest BCUT2D eigenvalue weighted by Gasteiger charge is -2.19. The predicted molar refractivity (Wildman–Crippen MR) is 217 cm³/mol. The highest BCUT2D eigenvalue weighted by molar-refractivity contribution is 6.09. The van der Waals surface area contributed by atoms with E-state index >= 15 is 0 Å². The third-order valence-electron chi connectivity index (χ3n) is 10.0. The summed E-state index contributed by atoms with van der Waals surface area (Å²) in [5, 5.41) is 7.49. The second-order valence-electron chi connectivity index (χ2n) is 16.9. The molecule has 266 valence electrons. The Kier molecular flexibility index (Phi) is 9.33. The minimum absolute atomic E-state index is 0.213. The maximum atomic E-state index is 6.82. The Bertz CT molecular complexity index is 2380. The number of benzene rings is 4. The first kappa shape index (κ1) is 35.3. The molecular formula is C47H52N4O. The molecule has 52 heavy (non-hydrogen) atoms. The van der Waals surface area contributed by atoms with E-state index in [4.69, 9.17) is 14.8 Å². The third-order valence-corrected chi connectivity index (χ3v) is 10.0. The summed E-state index contributed by atoms with van der Waals surface area (Å²) in [6.45, 7) is 20.2. The third kappa shape index (κ3) is 7.55. The quantitative estimate of drug-likeness (QED) is 0.152. The van der Waals surface area contributed by atoms with Crippen LogP contribution in [-0.4, -0.2) is 19.3 Å². The second-order valence-corrected chi connectivity index (χ2v) is 16.9. The summed E-state index contributed by atoms with van der Waals surface area (Å²) in [6.07, 6.45) is 6.09. The fourth-order valence-corrected chi connectivity index (χ4v) is 7.22. The second kappa shape index (κ2) is 13.8. The monoisotopic (exact) mass is 688 g/mol. The van der Waals surface area contributed by atoms with Gasteiger partial charge >= 0.3 is 0 Å². The van der Waals surface area contributed by atoms with E-state index in [0.29, 0.717) is 0 Å². The van der Waals surface area contributed by atoms with E-state index in [0.717, 1.165) is 71.1 Å². The summed E-state index contributed by atoms with van der Waals surface area (Å²) in [4.78, 5) is 4.84. The molecule has 7 aromatic rings. The molecule has 0 saturated heterocycles. The first-order valence-corrected chi connectivity index (χ1v) is 18.7. The molecule has 0 aliphatic carbocycles. The van der Waals surface area contributed by atoms with E-state index in [1.807, 2.05) is 12.3 Å². The number of fused-ring (bicyclic) bond motifs is 3. The van der Waals surface area contributed by atoms with Crippen molar-refractivity contribution in [3.05, 3.63) is 131 Å². The molecule has 5 heteroatoms. The van der Waals surface area contributed by atoms with Gasteiger partial charge < -0.3 is 4.74 Å². The predicted octanol–water partition coefficient (Wildman–Crippen LogP) is 12.7. The minimum Gasteiger partial charge on any atom is -0.457 e. The number of pyridine rings is 1. The molecule has 0 spiro atoms. The van der Waals surface area contributed by atoms with E-state index < -0.39 is 0 Å². The van der Waals surface area contributed by atoms with Crippen LogP contribution in [0.15, 0.2) is 103 Å².